The maximum Gasteiger partial charge on any atom is 0.252 e. The predicted molar refractivity (Wildman–Crippen MR) is 102 cm³/mol. The molecule has 2 aromatic carbocycles. The van der Waals surface area contributed by atoms with Gasteiger partial charge in [-0.15, -0.1) is 0 Å². The van der Waals surface area contributed by atoms with E-state index >= 15 is 0 Å². The molecule has 0 aliphatic carbocycles. The molecular formula is C21H19N3O2. The van der Waals surface area contributed by atoms with E-state index < -0.39 is 11.9 Å². The number of carbonyl (C=O) groups is 2. The number of rotatable bonds is 6. The molecule has 0 aliphatic heterocycles. The largest absolute Gasteiger partial charge is 0.368 e. The van der Waals surface area contributed by atoms with Crippen LogP contribution in [0.1, 0.15) is 22.3 Å². The Balaban J connectivity index is 1.74. The van der Waals surface area contributed by atoms with Crippen LogP contribution in [0.4, 0.5) is 0 Å². The van der Waals surface area contributed by atoms with Gasteiger partial charge >= 0.3 is 0 Å². The third kappa shape index (κ3) is 4.13. The minimum atomic E-state index is -0.783. The second-order valence-corrected chi connectivity index (χ2v) is 5.85. The number of aromatic nitrogens is 1. The summed E-state index contributed by atoms with van der Waals surface area (Å²) in [5, 5.41) is 3.45. The van der Waals surface area contributed by atoms with E-state index in [1.165, 1.54) is 0 Å². The third-order valence-corrected chi connectivity index (χ3v) is 4.02. The van der Waals surface area contributed by atoms with Crippen LogP contribution >= 0.6 is 0 Å². The molecule has 1 atom stereocenters. The number of amides is 2. The Kier molecular flexibility index (Phi) is 5.39. The lowest BCUT2D eigenvalue weighted by molar-refractivity contribution is -0.119. The Hall–Kier alpha value is -3.47. The summed E-state index contributed by atoms with van der Waals surface area (Å²) < 4.78 is 0. The number of benzene rings is 2. The van der Waals surface area contributed by atoms with Gasteiger partial charge in [-0.1, -0.05) is 60.7 Å². The number of para-hydroxylation sites is 1. The first-order chi connectivity index (χ1) is 12.6. The number of nitrogens with zero attached hydrogens (tertiary/aromatic N) is 1. The van der Waals surface area contributed by atoms with Crippen LogP contribution in [-0.2, 0) is 4.79 Å². The Morgan fingerprint density at radius 1 is 1.04 bits per heavy atom. The number of hydrogen-bond donors (Lipinski definition) is 2. The Morgan fingerprint density at radius 2 is 1.77 bits per heavy atom. The van der Waals surface area contributed by atoms with Crippen molar-refractivity contribution in [2.75, 3.05) is 0 Å². The summed E-state index contributed by atoms with van der Waals surface area (Å²) in [6.07, 6.45) is 5.62. The average Bonchev–Trinajstić information content (AvgIpc) is 2.67. The van der Waals surface area contributed by atoms with Gasteiger partial charge in [0.1, 0.15) is 6.04 Å². The van der Waals surface area contributed by atoms with E-state index in [1.54, 1.807) is 12.3 Å². The van der Waals surface area contributed by atoms with Crippen molar-refractivity contribution < 1.29 is 9.59 Å². The van der Waals surface area contributed by atoms with Crippen LogP contribution in [0.25, 0.3) is 17.0 Å². The van der Waals surface area contributed by atoms with E-state index in [0.29, 0.717) is 12.0 Å². The third-order valence-electron chi connectivity index (χ3n) is 4.02. The van der Waals surface area contributed by atoms with Crippen molar-refractivity contribution >= 4 is 28.8 Å². The number of hydrogen-bond acceptors (Lipinski definition) is 3. The summed E-state index contributed by atoms with van der Waals surface area (Å²) in [6.45, 7) is 0. The van der Waals surface area contributed by atoms with Crippen molar-refractivity contribution in [3.63, 3.8) is 0 Å². The fraction of sp³-hybridized carbons (Fsp3) is 0.0952. The highest BCUT2D eigenvalue weighted by molar-refractivity contribution is 6.07. The van der Waals surface area contributed by atoms with Crippen LogP contribution in [0.3, 0.4) is 0 Å². The number of carbonyl (C=O) groups excluding carboxylic acids is 2. The molecule has 5 nitrogen and oxygen atoms in total. The maximum absolute atomic E-state index is 12.6. The molecule has 0 fully saturated rings. The first-order valence-electron chi connectivity index (χ1n) is 8.30. The topological polar surface area (TPSA) is 85.1 Å². The highest BCUT2D eigenvalue weighted by Gasteiger charge is 2.19. The van der Waals surface area contributed by atoms with E-state index in [4.69, 9.17) is 5.73 Å². The van der Waals surface area contributed by atoms with Crippen LogP contribution in [0.5, 0.6) is 0 Å². The first kappa shape index (κ1) is 17.4. The zero-order valence-corrected chi connectivity index (χ0v) is 14.1. The quantitative estimate of drug-likeness (QED) is 0.720. The van der Waals surface area contributed by atoms with Crippen LogP contribution in [0.2, 0.25) is 0 Å². The smallest absolute Gasteiger partial charge is 0.252 e. The molecule has 0 spiro atoms. The lowest BCUT2D eigenvalue weighted by atomic mass is 10.1. The number of pyridine rings is 1. The fourth-order valence-electron chi connectivity index (χ4n) is 2.68. The molecule has 0 saturated carbocycles. The van der Waals surface area contributed by atoms with E-state index in [1.807, 2.05) is 66.7 Å². The maximum atomic E-state index is 12.6. The van der Waals surface area contributed by atoms with Crippen molar-refractivity contribution in [2.24, 2.45) is 5.73 Å². The summed E-state index contributed by atoms with van der Waals surface area (Å²) in [4.78, 5) is 28.6. The zero-order valence-electron chi connectivity index (χ0n) is 14.1. The summed E-state index contributed by atoms with van der Waals surface area (Å²) in [5.74, 6) is -0.921. The van der Waals surface area contributed by atoms with Gasteiger partial charge in [-0.3, -0.25) is 14.6 Å². The van der Waals surface area contributed by atoms with Crippen molar-refractivity contribution in [1.29, 1.82) is 0 Å². The van der Waals surface area contributed by atoms with Gasteiger partial charge in [-0.25, -0.2) is 0 Å². The van der Waals surface area contributed by atoms with Gasteiger partial charge in [0, 0.05) is 11.6 Å². The summed E-state index contributed by atoms with van der Waals surface area (Å²) in [7, 11) is 0. The van der Waals surface area contributed by atoms with Crippen LogP contribution in [-0.4, -0.2) is 22.8 Å². The van der Waals surface area contributed by atoms with Crippen LogP contribution < -0.4 is 11.1 Å². The molecular weight excluding hydrogens is 326 g/mol. The van der Waals surface area contributed by atoms with Gasteiger partial charge in [0.05, 0.1) is 11.1 Å². The fourth-order valence-corrected chi connectivity index (χ4v) is 2.68. The van der Waals surface area contributed by atoms with Crippen LogP contribution in [0.15, 0.2) is 72.9 Å². The Bertz CT molecular complexity index is 946. The van der Waals surface area contributed by atoms with Gasteiger partial charge in [0.25, 0.3) is 5.91 Å². The minimum absolute atomic E-state index is 0.318. The molecule has 0 unspecified atom stereocenters. The van der Waals surface area contributed by atoms with Crippen molar-refractivity contribution in [3.05, 3.63) is 84.1 Å². The number of primary amides is 1. The molecule has 130 valence electrons. The molecule has 5 heteroatoms. The SMILES string of the molecule is NC(=O)[C@@H](C/C=C/c1ccccc1)NC(=O)c1ccnc2ccccc12. The molecule has 0 radical (unpaired) electrons. The Morgan fingerprint density at radius 3 is 2.54 bits per heavy atom. The molecule has 2 amide bonds. The zero-order chi connectivity index (χ0) is 18.4. The van der Waals surface area contributed by atoms with Crippen molar-refractivity contribution in [3.8, 4) is 0 Å². The van der Waals surface area contributed by atoms with Crippen molar-refractivity contribution in [2.45, 2.75) is 12.5 Å². The second-order valence-electron chi connectivity index (χ2n) is 5.85. The summed E-state index contributed by atoms with van der Waals surface area (Å²) in [5.41, 5.74) is 7.66. The molecule has 1 heterocycles. The molecule has 0 saturated heterocycles. The predicted octanol–water partition coefficient (Wildman–Crippen LogP) is 2.92. The first-order valence-corrected chi connectivity index (χ1v) is 8.30. The summed E-state index contributed by atoms with van der Waals surface area (Å²) in [6, 6.07) is 17.9. The molecule has 3 N–H and O–H groups in total. The van der Waals surface area contributed by atoms with Gasteiger partial charge in [-0.2, -0.15) is 0 Å². The van der Waals surface area contributed by atoms with E-state index in [-0.39, 0.29) is 5.91 Å². The summed E-state index contributed by atoms with van der Waals surface area (Å²) >= 11 is 0. The lowest BCUT2D eigenvalue weighted by Gasteiger charge is -2.14. The standard InChI is InChI=1S/C21H19N3O2/c22-20(25)19(12-6-9-15-7-2-1-3-8-15)24-21(26)17-13-14-23-18-11-5-4-10-16(17)18/h1-11,13-14,19H,12H2,(H2,22,25)(H,24,26)/b9-6+/t19-/m1/s1. The van der Waals surface area contributed by atoms with Crippen LogP contribution in [0, 0.1) is 0 Å². The second kappa shape index (κ2) is 8.07. The molecule has 3 rings (SSSR count). The highest BCUT2D eigenvalue weighted by atomic mass is 16.2. The average molecular weight is 345 g/mol. The number of nitrogens with one attached hydrogen (secondary N) is 1. The molecule has 3 aromatic rings. The van der Waals surface area contributed by atoms with Gasteiger partial charge < -0.3 is 11.1 Å². The normalized spacial score (nSPS) is 12.2. The Labute approximate surface area is 151 Å². The molecule has 1 aromatic heterocycles. The van der Waals surface area contributed by atoms with Crippen molar-refractivity contribution in [1.82, 2.24) is 10.3 Å². The molecule has 0 aliphatic rings. The minimum Gasteiger partial charge on any atom is -0.368 e. The van der Waals surface area contributed by atoms with E-state index in [9.17, 15) is 9.59 Å². The van der Waals surface area contributed by atoms with E-state index in [2.05, 4.69) is 10.3 Å². The van der Waals surface area contributed by atoms with Gasteiger partial charge in [-0.05, 0) is 24.1 Å². The number of fused-ring (bicyclic) bond motifs is 1. The molecule has 26 heavy (non-hydrogen) atoms. The van der Waals surface area contributed by atoms with Gasteiger partial charge in [0.15, 0.2) is 0 Å². The molecule has 0 bridgehead atoms. The monoisotopic (exact) mass is 345 g/mol. The number of nitrogens with two attached hydrogens (primary N) is 1. The lowest BCUT2D eigenvalue weighted by Crippen LogP contribution is -2.44. The highest BCUT2D eigenvalue weighted by Crippen LogP contribution is 2.16. The van der Waals surface area contributed by atoms with Gasteiger partial charge in [0.2, 0.25) is 5.91 Å². The van der Waals surface area contributed by atoms with E-state index in [0.717, 1.165) is 16.5 Å².